The number of aromatic nitrogens is 3. The molecule has 0 atom stereocenters. The second-order valence-corrected chi connectivity index (χ2v) is 6.37. The Labute approximate surface area is 151 Å². The largest absolute Gasteiger partial charge is 0.508 e. The molecule has 0 aliphatic rings. The summed E-state index contributed by atoms with van der Waals surface area (Å²) in [6, 6.07) is 17.3. The molecule has 5 nitrogen and oxygen atoms in total. The lowest BCUT2D eigenvalue weighted by Crippen LogP contribution is -1.99. The summed E-state index contributed by atoms with van der Waals surface area (Å²) in [5.74, 6) is 0.209. The van der Waals surface area contributed by atoms with Gasteiger partial charge in [-0.1, -0.05) is 18.2 Å². The average Bonchev–Trinajstić information content (AvgIpc) is 3.09. The molecule has 1 N–H and O–H groups in total. The van der Waals surface area contributed by atoms with Gasteiger partial charge < -0.3 is 9.67 Å². The molecule has 5 heteroatoms. The molecule has 0 bridgehead atoms. The third kappa shape index (κ3) is 2.20. The van der Waals surface area contributed by atoms with Crippen LogP contribution in [0.15, 0.2) is 48.5 Å². The Hall–Kier alpha value is -3.52. The Bertz CT molecular complexity index is 1170. The lowest BCUT2D eigenvalue weighted by molar-refractivity contribution is 0.475. The summed E-state index contributed by atoms with van der Waals surface area (Å²) in [7, 11) is 1.91. The van der Waals surface area contributed by atoms with Gasteiger partial charge in [0.2, 0.25) is 0 Å². The highest BCUT2D eigenvalue weighted by atomic mass is 16.3. The van der Waals surface area contributed by atoms with E-state index in [9.17, 15) is 10.4 Å². The van der Waals surface area contributed by atoms with E-state index in [-0.39, 0.29) is 5.75 Å². The fourth-order valence-corrected chi connectivity index (χ4v) is 3.58. The quantitative estimate of drug-likeness (QED) is 0.593. The molecule has 0 amide bonds. The van der Waals surface area contributed by atoms with E-state index in [1.54, 1.807) is 12.1 Å². The van der Waals surface area contributed by atoms with E-state index in [4.69, 9.17) is 0 Å². The van der Waals surface area contributed by atoms with E-state index in [0.29, 0.717) is 5.56 Å². The molecule has 4 rings (SSSR count). The van der Waals surface area contributed by atoms with Gasteiger partial charge in [0.25, 0.3) is 0 Å². The maximum absolute atomic E-state index is 9.94. The van der Waals surface area contributed by atoms with Crippen LogP contribution in [0.1, 0.15) is 17.0 Å². The molecule has 2 aromatic carbocycles. The molecular formula is C21H18N4O. The van der Waals surface area contributed by atoms with Crippen LogP contribution >= 0.6 is 0 Å². The minimum atomic E-state index is 0.209. The number of phenolic OH excluding ortho intramolecular Hbond substituents is 1. The molecule has 128 valence electrons. The zero-order valence-electron chi connectivity index (χ0n) is 14.9. The molecule has 0 unspecified atom stereocenters. The molecule has 4 aromatic rings. The molecule has 2 aromatic heterocycles. The van der Waals surface area contributed by atoms with Gasteiger partial charge in [0.05, 0.1) is 22.5 Å². The summed E-state index contributed by atoms with van der Waals surface area (Å²) >= 11 is 0. The van der Waals surface area contributed by atoms with Crippen LogP contribution in [0.3, 0.4) is 0 Å². The fraction of sp³-hybridized carbons (Fsp3) is 0.143. The average molecular weight is 342 g/mol. The Balaban J connectivity index is 2.20. The van der Waals surface area contributed by atoms with Crippen molar-refractivity contribution in [2.45, 2.75) is 13.8 Å². The smallest absolute Gasteiger partial charge is 0.115 e. The number of hydrogen-bond donors (Lipinski definition) is 1. The summed E-state index contributed by atoms with van der Waals surface area (Å²) < 4.78 is 3.91. The Morgan fingerprint density at radius 3 is 2.35 bits per heavy atom. The first kappa shape index (κ1) is 16.0. The molecule has 0 aliphatic heterocycles. The molecule has 0 aliphatic carbocycles. The van der Waals surface area contributed by atoms with Crippen LogP contribution in [0.25, 0.3) is 27.8 Å². The van der Waals surface area contributed by atoms with Crippen molar-refractivity contribution in [1.29, 1.82) is 5.26 Å². The molecule has 0 saturated carbocycles. The van der Waals surface area contributed by atoms with Crippen molar-refractivity contribution in [3.8, 4) is 28.8 Å². The minimum Gasteiger partial charge on any atom is -0.508 e. The maximum Gasteiger partial charge on any atom is 0.115 e. The number of fused-ring (bicyclic) bond motifs is 1. The monoisotopic (exact) mass is 342 g/mol. The molecule has 26 heavy (non-hydrogen) atoms. The molecule has 0 radical (unpaired) electrons. The number of nitriles is 1. The SMILES string of the molecule is Cc1nn(C)c(C)c1-c1c(C#N)c2ccccc2n1-c1ccc(O)cc1. The third-order valence-corrected chi connectivity index (χ3v) is 4.84. The van der Waals surface area contributed by atoms with Crippen molar-refractivity contribution in [2.24, 2.45) is 7.05 Å². The first-order chi connectivity index (χ1) is 12.5. The lowest BCUT2D eigenvalue weighted by Gasteiger charge is -2.12. The minimum absolute atomic E-state index is 0.209. The van der Waals surface area contributed by atoms with E-state index < -0.39 is 0 Å². The van der Waals surface area contributed by atoms with Crippen LogP contribution in [0.5, 0.6) is 5.75 Å². The molecule has 0 fully saturated rings. The van der Waals surface area contributed by atoms with Crippen LogP contribution < -0.4 is 0 Å². The summed E-state index contributed by atoms with van der Waals surface area (Å²) in [6.45, 7) is 3.97. The van der Waals surface area contributed by atoms with Crippen molar-refractivity contribution in [1.82, 2.24) is 14.3 Å². The predicted molar refractivity (Wildman–Crippen MR) is 101 cm³/mol. The van der Waals surface area contributed by atoms with Crippen LogP contribution in [-0.2, 0) is 7.05 Å². The highest BCUT2D eigenvalue weighted by molar-refractivity contribution is 5.96. The maximum atomic E-state index is 9.94. The van der Waals surface area contributed by atoms with Gasteiger partial charge in [0, 0.05) is 29.4 Å². The zero-order chi connectivity index (χ0) is 18.4. The molecule has 0 saturated heterocycles. The zero-order valence-corrected chi connectivity index (χ0v) is 14.9. The van der Waals surface area contributed by atoms with Crippen molar-refractivity contribution < 1.29 is 5.11 Å². The van der Waals surface area contributed by atoms with E-state index in [1.165, 1.54) is 0 Å². The van der Waals surface area contributed by atoms with Gasteiger partial charge >= 0.3 is 0 Å². The van der Waals surface area contributed by atoms with Crippen LogP contribution in [0.4, 0.5) is 0 Å². The van der Waals surface area contributed by atoms with E-state index >= 15 is 0 Å². The standard InChI is InChI=1S/C21H18N4O/c1-13-20(14(2)24(3)23-13)21-18(12-22)17-6-4-5-7-19(17)25(21)15-8-10-16(26)11-9-15/h4-11,26H,1-3H3. The Morgan fingerprint density at radius 1 is 1.04 bits per heavy atom. The van der Waals surface area contributed by atoms with Crippen molar-refractivity contribution in [3.63, 3.8) is 0 Å². The van der Waals surface area contributed by atoms with Crippen molar-refractivity contribution in [3.05, 3.63) is 65.5 Å². The van der Waals surface area contributed by atoms with Gasteiger partial charge in [0.15, 0.2) is 0 Å². The van der Waals surface area contributed by atoms with Gasteiger partial charge in [0.1, 0.15) is 11.8 Å². The molecule has 0 spiro atoms. The number of para-hydroxylation sites is 1. The lowest BCUT2D eigenvalue weighted by atomic mass is 10.0. The summed E-state index contributed by atoms with van der Waals surface area (Å²) in [5.41, 5.74) is 6.15. The van der Waals surface area contributed by atoms with E-state index in [1.807, 2.05) is 62.0 Å². The summed E-state index contributed by atoms with van der Waals surface area (Å²) in [6.07, 6.45) is 0. The summed E-state index contributed by atoms with van der Waals surface area (Å²) in [4.78, 5) is 0. The van der Waals surface area contributed by atoms with Crippen LogP contribution in [-0.4, -0.2) is 19.5 Å². The van der Waals surface area contributed by atoms with Gasteiger partial charge in [-0.3, -0.25) is 4.68 Å². The molecular weight excluding hydrogens is 324 g/mol. The van der Waals surface area contributed by atoms with Crippen LogP contribution in [0, 0.1) is 25.2 Å². The number of phenols is 1. The van der Waals surface area contributed by atoms with Gasteiger partial charge in [-0.15, -0.1) is 0 Å². The first-order valence-electron chi connectivity index (χ1n) is 8.36. The molecule has 2 heterocycles. The number of nitrogens with zero attached hydrogens (tertiary/aromatic N) is 4. The first-order valence-corrected chi connectivity index (χ1v) is 8.36. The van der Waals surface area contributed by atoms with Crippen molar-refractivity contribution >= 4 is 10.9 Å². The predicted octanol–water partition coefficient (Wildman–Crippen LogP) is 4.23. The second kappa shape index (κ2) is 5.78. The van der Waals surface area contributed by atoms with E-state index in [0.717, 1.165) is 39.2 Å². The van der Waals surface area contributed by atoms with Crippen LogP contribution in [0.2, 0.25) is 0 Å². The Morgan fingerprint density at radius 2 is 1.73 bits per heavy atom. The number of rotatable bonds is 2. The normalized spacial score (nSPS) is 11.0. The number of benzene rings is 2. The van der Waals surface area contributed by atoms with Gasteiger partial charge in [-0.25, -0.2) is 0 Å². The Kier molecular flexibility index (Phi) is 3.55. The second-order valence-electron chi connectivity index (χ2n) is 6.37. The number of aromatic hydroxyl groups is 1. The number of aryl methyl sites for hydroxylation is 2. The fourth-order valence-electron chi connectivity index (χ4n) is 3.58. The van der Waals surface area contributed by atoms with Gasteiger partial charge in [-0.05, 0) is 44.2 Å². The highest BCUT2D eigenvalue weighted by Crippen LogP contribution is 2.38. The van der Waals surface area contributed by atoms with E-state index in [2.05, 4.69) is 15.7 Å². The number of hydrogen-bond acceptors (Lipinski definition) is 3. The van der Waals surface area contributed by atoms with Crippen molar-refractivity contribution in [2.75, 3.05) is 0 Å². The summed E-state index contributed by atoms with van der Waals surface area (Å²) in [5, 5.41) is 25.1. The van der Waals surface area contributed by atoms with Gasteiger partial charge in [-0.2, -0.15) is 10.4 Å². The topological polar surface area (TPSA) is 66.8 Å². The highest BCUT2D eigenvalue weighted by Gasteiger charge is 2.24. The third-order valence-electron chi connectivity index (χ3n) is 4.84.